The maximum atomic E-state index is 12.3. The SMILES string of the molecule is O=C(NCCSCc1ccc(Cl)c(Cl)c1)c1ccc(NS(=O)(=O)c2cccs2)cc1. The highest BCUT2D eigenvalue weighted by molar-refractivity contribution is 7.98. The summed E-state index contributed by atoms with van der Waals surface area (Å²) in [6, 6.07) is 15.1. The molecule has 0 saturated carbocycles. The number of halogens is 2. The first-order chi connectivity index (χ1) is 14.3. The molecule has 0 aliphatic carbocycles. The van der Waals surface area contributed by atoms with Gasteiger partial charge in [0.05, 0.1) is 10.0 Å². The lowest BCUT2D eigenvalue weighted by molar-refractivity contribution is 0.0956. The Morgan fingerprint density at radius 2 is 1.80 bits per heavy atom. The topological polar surface area (TPSA) is 75.3 Å². The van der Waals surface area contributed by atoms with Gasteiger partial charge in [0.25, 0.3) is 15.9 Å². The van der Waals surface area contributed by atoms with Crippen LogP contribution in [0, 0.1) is 0 Å². The van der Waals surface area contributed by atoms with Crippen LogP contribution in [0.2, 0.25) is 10.0 Å². The van der Waals surface area contributed by atoms with E-state index < -0.39 is 10.0 Å². The molecule has 0 saturated heterocycles. The molecule has 2 N–H and O–H groups in total. The van der Waals surface area contributed by atoms with E-state index in [0.717, 1.165) is 28.4 Å². The van der Waals surface area contributed by atoms with Crippen LogP contribution in [0.4, 0.5) is 5.69 Å². The molecule has 3 rings (SSSR count). The van der Waals surface area contributed by atoms with E-state index in [1.807, 2.05) is 12.1 Å². The fourth-order valence-corrected chi connectivity index (χ4v) is 5.65. The van der Waals surface area contributed by atoms with Crippen molar-refractivity contribution in [2.45, 2.75) is 9.96 Å². The van der Waals surface area contributed by atoms with E-state index in [-0.39, 0.29) is 10.1 Å². The van der Waals surface area contributed by atoms with Crippen molar-refractivity contribution in [2.75, 3.05) is 17.0 Å². The number of hydrogen-bond donors (Lipinski definition) is 2. The minimum absolute atomic E-state index is 0.210. The van der Waals surface area contributed by atoms with Gasteiger partial charge in [0.2, 0.25) is 0 Å². The Labute approximate surface area is 193 Å². The summed E-state index contributed by atoms with van der Waals surface area (Å²) in [5.41, 5.74) is 1.93. The smallest absolute Gasteiger partial charge is 0.271 e. The van der Waals surface area contributed by atoms with Crippen LogP contribution in [0.15, 0.2) is 64.2 Å². The average Bonchev–Trinajstić information content (AvgIpc) is 3.26. The fraction of sp³-hybridized carbons (Fsp3) is 0.150. The van der Waals surface area contributed by atoms with Gasteiger partial charge >= 0.3 is 0 Å². The lowest BCUT2D eigenvalue weighted by Gasteiger charge is -2.08. The lowest BCUT2D eigenvalue weighted by atomic mass is 10.2. The van der Waals surface area contributed by atoms with E-state index in [9.17, 15) is 13.2 Å². The summed E-state index contributed by atoms with van der Waals surface area (Å²) in [5.74, 6) is 1.30. The first-order valence-electron chi connectivity index (χ1n) is 8.81. The normalized spacial score (nSPS) is 11.3. The highest BCUT2D eigenvalue weighted by Gasteiger charge is 2.15. The van der Waals surface area contributed by atoms with Gasteiger partial charge in [-0.1, -0.05) is 35.3 Å². The van der Waals surface area contributed by atoms with Crippen molar-refractivity contribution in [3.05, 3.63) is 81.1 Å². The second-order valence-electron chi connectivity index (χ2n) is 6.17. The molecule has 0 unspecified atom stereocenters. The molecule has 30 heavy (non-hydrogen) atoms. The van der Waals surface area contributed by atoms with Crippen molar-refractivity contribution >= 4 is 67.9 Å². The zero-order chi connectivity index (χ0) is 21.6. The number of hydrogen-bond acceptors (Lipinski definition) is 5. The van der Waals surface area contributed by atoms with Crippen LogP contribution in [-0.2, 0) is 15.8 Å². The highest BCUT2D eigenvalue weighted by atomic mass is 35.5. The molecular weight excluding hydrogens is 483 g/mol. The Morgan fingerprint density at radius 1 is 1.03 bits per heavy atom. The Hall–Kier alpha value is -1.71. The number of thiophene rings is 1. The molecule has 158 valence electrons. The van der Waals surface area contributed by atoms with Crippen LogP contribution in [0.1, 0.15) is 15.9 Å². The number of thioether (sulfide) groups is 1. The Balaban J connectivity index is 1.44. The molecule has 0 radical (unpaired) electrons. The maximum absolute atomic E-state index is 12.3. The summed E-state index contributed by atoms with van der Waals surface area (Å²) in [4.78, 5) is 12.3. The van der Waals surface area contributed by atoms with E-state index in [0.29, 0.717) is 27.8 Å². The molecular formula is C20H18Cl2N2O3S3. The molecule has 5 nitrogen and oxygen atoms in total. The van der Waals surface area contributed by atoms with Crippen molar-refractivity contribution in [1.29, 1.82) is 0 Å². The van der Waals surface area contributed by atoms with E-state index >= 15 is 0 Å². The van der Waals surface area contributed by atoms with Gasteiger partial charge in [0.1, 0.15) is 4.21 Å². The summed E-state index contributed by atoms with van der Waals surface area (Å²) >= 11 is 14.7. The largest absolute Gasteiger partial charge is 0.351 e. The molecule has 0 aliphatic heterocycles. The standard InChI is InChI=1S/C20H18Cl2N2O3S3/c21-17-8-3-14(12-18(17)22)13-28-11-9-23-20(25)15-4-6-16(7-5-15)24-30(26,27)19-2-1-10-29-19/h1-8,10,12,24H,9,11,13H2,(H,23,25). The highest BCUT2D eigenvalue weighted by Crippen LogP contribution is 2.24. The molecule has 1 aromatic heterocycles. The first-order valence-corrected chi connectivity index (χ1v) is 13.1. The van der Waals surface area contributed by atoms with E-state index in [1.54, 1.807) is 53.5 Å². The van der Waals surface area contributed by atoms with Gasteiger partial charge in [-0.05, 0) is 53.4 Å². The molecule has 0 aliphatic rings. The monoisotopic (exact) mass is 500 g/mol. The zero-order valence-corrected chi connectivity index (χ0v) is 19.6. The summed E-state index contributed by atoms with van der Waals surface area (Å²) in [6.45, 7) is 0.511. The van der Waals surface area contributed by atoms with Crippen molar-refractivity contribution < 1.29 is 13.2 Å². The minimum atomic E-state index is -3.60. The number of carbonyl (C=O) groups excluding carboxylic acids is 1. The van der Waals surface area contributed by atoms with Gasteiger partial charge in [-0.15, -0.1) is 11.3 Å². The third kappa shape index (κ3) is 6.39. The summed E-state index contributed by atoms with van der Waals surface area (Å²) in [6.07, 6.45) is 0. The van der Waals surface area contributed by atoms with Gasteiger partial charge in [-0.25, -0.2) is 8.42 Å². The molecule has 10 heteroatoms. The molecule has 1 heterocycles. The summed E-state index contributed by atoms with van der Waals surface area (Å²) in [7, 11) is -3.60. The molecule has 2 aromatic carbocycles. The molecule has 0 atom stereocenters. The minimum Gasteiger partial charge on any atom is -0.351 e. The lowest BCUT2D eigenvalue weighted by Crippen LogP contribution is -2.25. The first kappa shape index (κ1) is 23.0. The van der Waals surface area contributed by atoms with Crippen molar-refractivity contribution in [1.82, 2.24) is 5.32 Å². The van der Waals surface area contributed by atoms with E-state index in [4.69, 9.17) is 23.2 Å². The zero-order valence-electron chi connectivity index (χ0n) is 15.6. The van der Waals surface area contributed by atoms with Gasteiger partial charge in [0, 0.05) is 29.3 Å². The summed E-state index contributed by atoms with van der Waals surface area (Å²) in [5, 5.41) is 5.61. The number of rotatable bonds is 9. The van der Waals surface area contributed by atoms with Gasteiger partial charge in [0.15, 0.2) is 0 Å². The number of anilines is 1. The summed E-state index contributed by atoms with van der Waals surface area (Å²) < 4.78 is 27.2. The number of carbonyl (C=O) groups is 1. The van der Waals surface area contributed by atoms with Crippen LogP contribution < -0.4 is 10.0 Å². The third-order valence-electron chi connectivity index (χ3n) is 3.94. The van der Waals surface area contributed by atoms with Crippen LogP contribution >= 0.6 is 46.3 Å². The van der Waals surface area contributed by atoms with Crippen molar-refractivity contribution in [3.8, 4) is 0 Å². The molecule has 1 amide bonds. The van der Waals surface area contributed by atoms with Crippen LogP contribution in [0.3, 0.4) is 0 Å². The number of benzene rings is 2. The molecule has 0 spiro atoms. The van der Waals surface area contributed by atoms with Crippen molar-refractivity contribution in [3.63, 3.8) is 0 Å². The second kappa shape index (κ2) is 10.5. The molecule has 0 bridgehead atoms. The third-order valence-corrected chi connectivity index (χ3v) is 8.49. The predicted molar refractivity (Wildman–Crippen MR) is 127 cm³/mol. The van der Waals surface area contributed by atoms with E-state index in [2.05, 4.69) is 10.0 Å². The van der Waals surface area contributed by atoms with Gasteiger partial charge in [-0.3, -0.25) is 9.52 Å². The number of amides is 1. The Morgan fingerprint density at radius 3 is 2.47 bits per heavy atom. The quantitative estimate of drug-likeness (QED) is 0.379. The number of sulfonamides is 1. The van der Waals surface area contributed by atoms with Crippen molar-refractivity contribution in [2.24, 2.45) is 0 Å². The Bertz CT molecular complexity index is 1100. The maximum Gasteiger partial charge on any atom is 0.271 e. The molecule has 0 fully saturated rings. The average molecular weight is 501 g/mol. The predicted octanol–water partition coefficient (Wildman–Crippen LogP) is 5.52. The van der Waals surface area contributed by atoms with Gasteiger partial charge < -0.3 is 5.32 Å². The number of nitrogens with one attached hydrogen (secondary N) is 2. The molecule has 3 aromatic rings. The van der Waals surface area contributed by atoms with E-state index in [1.165, 1.54) is 6.07 Å². The fourth-order valence-electron chi connectivity index (χ4n) is 2.47. The van der Waals surface area contributed by atoms with Crippen LogP contribution in [-0.4, -0.2) is 26.6 Å². The van der Waals surface area contributed by atoms with Crippen LogP contribution in [0.25, 0.3) is 0 Å². The van der Waals surface area contributed by atoms with Crippen LogP contribution in [0.5, 0.6) is 0 Å². The Kier molecular flexibility index (Phi) is 8.07. The second-order valence-corrected chi connectivity index (χ2v) is 10.9. The van der Waals surface area contributed by atoms with Gasteiger partial charge in [-0.2, -0.15) is 11.8 Å².